The predicted octanol–water partition coefficient (Wildman–Crippen LogP) is 0.780. The number of rotatable bonds is 4. The molecule has 1 fully saturated rings. The summed E-state index contributed by atoms with van der Waals surface area (Å²) in [4.78, 5) is 8.26. The molecule has 1 N–H and O–H groups in total. The number of aryl methyl sites for hydroxylation is 1. The van der Waals surface area contributed by atoms with Crippen LogP contribution in [0.15, 0.2) is 12.4 Å². The van der Waals surface area contributed by atoms with Gasteiger partial charge in [-0.25, -0.2) is 9.97 Å². The summed E-state index contributed by atoms with van der Waals surface area (Å²) in [6.45, 7) is 3.98. The van der Waals surface area contributed by atoms with E-state index < -0.39 is 0 Å². The number of hydrogen-bond donors (Lipinski definition) is 1. The Morgan fingerprint density at radius 1 is 1.50 bits per heavy atom. The maximum Gasteiger partial charge on any atom is 0.216 e. The molecule has 76 valence electrons. The van der Waals surface area contributed by atoms with Gasteiger partial charge in [-0.1, -0.05) is 13.3 Å². The molecule has 0 radical (unpaired) electrons. The Morgan fingerprint density at radius 3 is 3.00 bits per heavy atom. The minimum atomic E-state index is 0.291. The van der Waals surface area contributed by atoms with Gasteiger partial charge in [-0.05, 0) is 6.42 Å². The van der Waals surface area contributed by atoms with Crippen molar-refractivity contribution in [1.29, 1.82) is 0 Å². The standard InChI is InChI=1S/C10H15N3O/c1-2-3-8-4-10(13-7-12-8)14-9-5-11-6-9/h4,7,9,11H,2-3,5-6H2,1H3. The van der Waals surface area contributed by atoms with E-state index in [9.17, 15) is 0 Å². The van der Waals surface area contributed by atoms with Gasteiger partial charge in [-0.15, -0.1) is 0 Å². The van der Waals surface area contributed by atoms with E-state index in [0.717, 1.165) is 31.6 Å². The minimum Gasteiger partial charge on any atom is -0.472 e. The van der Waals surface area contributed by atoms with Crippen LogP contribution in [0.2, 0.25) is 0 Å². The van der Waals surface area contributed by atoms with Gasteiger partial charge in [0.2, 0.25) is 5.88 Å². The van der Waals surface area contributed by atoms with Crippen LogP contribution in [0.4, 0.5) is 0 Å². The molecule has 0 spiro atoms. The summed E-state index contributed by atoms with van der Waals surface area (Å²) in [5.41, 5.74) is 1.06. The zero-order chi connectivity index (χ0) is 9.80. The van der Waals surface area contributed by atoms with Crippen molar-refractivity contribution in [3.05, 3.63) is 18.1 Å². The van der Waals surface area contributed by atoms with Gasteiger partial charge in [0.25, 0.3) is 0 Å². The lowest BCUT2D eigenvalue weighted by Gasteiger charge is -2.27. The van der Waals surface area contributed by atoms with Crippen molar-refractivity contribution in [3.63, 3.8) is 0 Å². The lowest BCUT2D eigenvalue weighted by molar-refractivity contribution is 0.136. The van der Waals surface area contributed by atoms with Crippen molar-refractivity contribution in [2.45, 2.75) is 25.9 Å². The van der Waals surface area contributed by atoms with E-state index in [-0.39, 0.29) is 0 Å². The van der Waals surface area contributed by atoms with Gasteiger partial charge in [-0.2, -0.15) is 0 Å². The van der Waals surface area contributed by atoms with Crippen LogP contribution in [0.1, 0.15) is 19.0 Å². The molecular weight excluding hydrogens is 178 g/mol. The smallest absolute Gasteiger partial charge is 0.216 e. The average Bonchev–Trinajstić information content (AvgIpc) is 2.13. The van der Waals surface area contributed by atoms with Gasteiger partial charge < -0.3 is 10.1 Å². The molecule has 4 heteroatoms. The lowest BCUT2D eigenvalue weighted by atomic mass is 10.2. The lowest BCUT2D eigenvalue weighted by Crippen LogP contribution is -2.50. The molecule has 0 bridgehead atoms. The van der Waals surface area contributed by atoms with Gasteiger partial charge in [0.05, 0.1) is 0 Å². The predicted molar refractivity (Wildman–Crippen MR) is 53.3 cm³/mol. The third-order valence-electron chi connectivity index (χ3n) is 2.24. The molecule has 4 nitrogen and oxygen atoms in total. The molecular formula is C10H15N3O. The molecule has 0 unspecified atom stereocenters. The second kappa shape index (κ2) is 4.37. The van der Waals surface area contributed by atoms with Crippen LogP contribution in [0.3, 0.4) is 0 Å². The molecule has 0 atom stereocenters. The first kappa shape index (κ1) is 9.40. The van der Waals surface area contributed by atoms with E-state index >= 15 is 0 Å². The van der Waals surface area contributed by atoms with Gasteiger partial charge in [0.1, 0.15) is 12.4 Å². The fraction of sp³-hybridized carbons (Fsp3) is 0.600. The molecule has 0 aliphatic carbocycles. The number of aromatic nitrogens is 2. The van der Waals surface area contributed by atoms with E-state index in [1.807, 2.05) is 6.07 Å². The number of hydrogen-bond acceptors (Lipinski definition) is 4. The minimum absolute atomic E-state index is 0.291. The highest BCUT2D eigenvalue weighted by Gasteiger charge is 2.18. The first-order chi connectivity index (χ1) is 6.88. The van der Waals surface area contributed by atoms with Crippen molar-refractivity contribution in [2.75, 3.05) is 13.1 Å². The molecule has 1 aliphatic heterocycles. The molecule has 0 saturated carbocycles. The maximum absolute atomic E-state index is 5.62. The number of nitrogens with zero attached hydrogens (tertiary/aromatic N) is 2. The fourth-order valence-corrected chi connectivity index (χ4v) is 1.35. The molecule has 0 amide bonds. The molecule has 2 rings (SSSR count). The SMILES string of the molecule is CCCc1cc(OC2CNC2)ncn1. The zero-order valence-corrected chi connectivity index (χ0v) is 8.36. The van der Waals surface area contributed by atoms with Crippen LogP contribution in [-0.2, 0) is 6.42 Å². The van der Waals surface area contributed by atoms with Crippen LogP contribution >= 0.6 is 0 Å². The van der Waals surface area contributed by atoms with E-state index in [0.29, 0.717) is 12.0 Å². The van der Waals surface area contributed by atoms with Crippen molar-refractivity contribution in [3.8, 4) is 5.88 Å². The van der Waals surface area contributed by atoms with Crippen LogP contribution in [0.25, 0.3) is 0 Å². The Bertz CT molecular complexity index is 299. The molecule has 1 saturated heterocycles. The fourth-order valence-electron chi connectivity index (χ4n) is 1.35. The first-order valence-corrected chi connectivity index (χ1v) is 5.07. The second-order valence-corrected chi connectivity index (χ2v) is 3.50. The number of ether oxygens (including phenoxy) is 1. The Kier molecular flexibility index (Phi) is 2.93. The summed E-state index contributed by atoms with van der Waals surface area (Å²) in [6.07, 6.45) is 3.95. The monoisotopic (exact) mass is 193 g/mol. The van der Waals surface area contributed by atoms with Gasteiger partial charge in [0.15, 0.2) is 0 Å². The summed E-state index contributed by atoms with van der Waals surface area (Å²) >= 11 is 0. The van der Waals surface area contributed by atoms with Crippen molar-refractivity contribution >= 4 is 0 Å². The van der Waals surface area contributed by atoms with Gasteiger partial charge in [0, 0.05) is 24.8 Å². The second-order valence-electron chi connectivity index (χ2n) is 3.50. The van der Waals surface area contributed by atoms with Gasteiger partial charge >= 0.3 is 0 Å². The Morgan fingerprint density at radius 2 is 2.36 bits per heavy atom. The topological polar surface area (TPSA) is 47.0 Å². The summed E-state index contributed by atoms with van der Waals surface area (Å²) in [6, 6.07) is 1.93. The summed E-state index contributed by atoms with van der Waals surface area (Å²) in [5, 5.41) is 3.15. The van der Waals surface area contributed by atoms with E-state index in [1.54, 1.807) is 6.33 Å². The van der Waals surface area contributed by atoms with E-state index in [2.05, 4.69) is 22.2 Å². The molecule has 0 aromatic carbocycles. The van der Waals surface area contributed by atoms with E-state index in [1.165, 1.54) is 0 Å². The maximum atomic E-state index is 5.62. The molecule has 1 aromatic rings. The van der Waals surface area contributed by atoms with Crippen LogP contribution in [0, 0.1) is 0 Å². The summed E-state index contributed by atoms with van der Waals surface area (Å²) < 4.78 is 5.62. The molecule has 14 heavy (non-hydrogen) atoms. The Balaban J connectivity index is 1.97. The quantitative estimate of drug-likeness (QED) is 0.767. The van der Waals surface area contributed by atoms with Crippen LogP contribution < -0.4 is 10.1 Å². The first-order valence-electron chi connectivity index (χ1n) is 5.07. The highest BCUT2D eigenvalue weighted by atomic mass is 16.5. The summed E-state index contributed by atoms with van der Waals surface area (Å²) in [5.74, 6) is 0.704. The van der Waals surface area contributed by atoms with Crippen molar-refractivity contribution in [1.82, 2.24) is 15.3 Å². The van der Waals surface area contributed by atoms with Gasteiger partial charge in [-0.3, -0.25) is 0 Å². The zero-order valence-electron chi connectivity index (χ0n) is 8.36. The number of nitrogens with one attached hydrogen (secondary N) is 1. The van der Waals surface area contributed by atoms with Crippen molar-refractivity contribution in [2.24, 2.45) is 0 Å². The van der Waals surface area contributed by atoms with Crippen LogP contribution in [-0.4, -0.2) is 29.2 Å². The van der Waals surface area contributed by atoms with E-state index in [4.69, 9.17) is 4.74 Å². The normalized spacial score (nSPS) is 16.4. The Hall–Kier alpha value is -1.16. The molecule has 1 aliphatic rings. The Labute approximate surface area is 83.7 Å². The van der Waals surface area contributed by atoms with Crippen LogP contribution in [0.5, 0.6) is 5.88 Å². The third kappa shape index (κ3) is 2.20. The largest absolute Gasteiger partial charge is 0.472 e. The molecule has 2 heterocycles. The highest BCUT2D eigenvalue weighted by molar-refractivity contribution is 5.14. The highest BCUT2D eigenvalue weighted by Crippen LogP contribution is 2.11. The summed E-state index contributed by atoms with van der Waals surface area (Å²) in [7, 11) is 0. The third-order valence-corrected chi connectivity index (χ3v) is 2.24. The molecule has 1 aromatic heterocycles. The average molecular weight is 193 g/mol. The van der Waals surface area contributed by atoms with Crippen molar-refractivity contribution < 1.29 is 4.74 Å².